The lowest BCUT2D eigenvalue weighted by Gasteiger charge is -2.26. The van der Waals surface area contributed by atoms with E-state index in [9.17, 15) is 4.79 Å². The molecule has 1 aliphatic carbocycles. The number of ether oxygens (including phenoxy) is 1. The lowest BCUT2D eigenvalue weighted by Crippen LogP contribution is -2.40. The molecule has 1 aliphatic rings. The molecule has 0 bridgehead atoms. The number of rotatable bonds is 6. The lowest BCUT2D eigenvalue weighted by molar-refractivity contribution is -0.132. The van der Waals surface area contributed by atoms with Crippen LogP contribution in [0.25, 0.3) is 0 Å². The van der Waals surface area contributed by atoms with Crippen LogP contribution in [0.4, 0.5) is 0 Å². The molecule has 1 atom stereocenters. The van der Waals surface area contributed by atoms with E-state index >= 15 is 0 Å². The Labute approximate surface area is 85.2 Å². The van der Waals surface area contributed by atoms with Crippen LogP contribution >= 0.6 is 0 Å². The summed E-state index contributed by atoms with van der Waals surface area (Å²) in [6.45, 7) is 4.50. The minimum Gasteiger partial charge on any atom is -0.364 e. The molecule has 1 fully saturated rings. The van der Waals surface area contributed by atoms with Crippen LogP contribution in [-0.4, -0.2) is 30.7 Å². The van der Waals surface area contributed by atoms with Crippen molar-refractivity contribution in [2.75, 3.05) is 13.2 Å². The van der Waals surface area contributed by atoms with Gasteiger partial charge in [-0.25, -0.2) is 0 Å². The smallest absolute Gasteiger partial charge is 0.246 e. The van der Waals surface area contributed by atoms with Gasteiger partial charge in [0.25, 0.3) is 0 Å². The second kappa shape index (κ2) is 4.75. The van der Waals surface area contributed by atoms with Crippen LogP contribution in [-0.2, 0) is 9.53 Å². The molecule has 0 radical (unpaired) electrons. The molecule has 0 heterocycles. The Balaban J connectivity index is 2.19. The normalized spacial score (nSPS) is 20.2. The van der Waals surface area contributed by atoms with Crippen LogP contribution in [0.2, 0.25) is 0 Å². The second-order valence-corrected chi connectivity index (χ2v) is 4.14. The Morgan fingerprint density at radius 2 is 2.29 bits per heavy atom. The summed E-state index contributed by atoms with van der Waals surface area (Å²) in [6, 6.07) is 0.400. The average Bonchev–Trinajstić information content (AvgIpc) is 2.98. The number of carbonyl (C=O) groups is 1. The van der Waals surface area contributed by atoms with Crippen LogP contribution in [0.5, 0.6) is 0 Å². The van der Waals surface area contributed by atoms with Gasteiger partial charge in [-0.05, 0) is 26.2 Å². The van der Waals surface area contributed by atoms with E-state index in [0.29, 0.717) is 12.6 Å². The van der Waals surface area contributed by atoms with Gasteiger partial charge in [-0.1, -0.05) is 6.92 Å². The second-order valence-electron chi connectivity index (χ2n) is 4.14. The fourth-order valence-electron chi connectivity index (χ4n) is 1.04. The van der Waals surface area contributed by atoms with E-state index in [1.807, 2.05) is 13.8 Å². The zero-order valence-electron chi connectivity index (χ0n) is 9.01. The first-order valence-corrected chi connectivity index (χ1v) is 5.23. The number of nitrogens with two attached hydrogens (primary N) is 1. The molecule has 0 aromatic heterocycles. The molecule has 4 nitrogen and oxygen atoms in total. The third kappa shape index (κ3) is 3.64. The zero-order chi connectivity index (χ0) is 10.6. The molecule has 1 saturated carbocycles. The van der Waals surface area contributed by atoms with Gasteiger partial charge in [-0.2, -0.15) is 0 Å². The third-order valence-electron chi connectivity index (χ3n) is 2.67. The van der Waals surface area contributed by atoms with Crippen LogP contribution < -0.4 is 11.1 Å². The molecule has 0 spiro atoms. The van der Waals surface area contributed by atoms with Gasteiger partial charge in [0.05, 0.1) is 5.60 Å². The predicted molar refractivity (Wildman–Crippen MR) is 54.9 cm³/mol. The molecule has 0 saturated heterocycles. The zero-order valence-corrected chi connectivity index (χ0v) is 9.01. The Bertz CT molecular complexity index is 198. The summed E-state index contributed by atoms with van der Waals surface area (Å²) in [4.78, 5) is 11.3. The largest absolute Gasteiger partial charge is 0.364 e. The minimum atomic E-state index is -0.360. The van der Waals surface area contributed by atoms with E-state index < -0.39 is 0 Å². The lowest BCUT2D eigenvalue weighted by atomic mass is 10.0. The summed E-state index contributed by atoms with van der Waals surface area (Å²) in [6.07, 6.45) is 3.03. The molecule has 1 unspecified atom stereocenters. The first-order valence-electron chi connectivity index (χ1n) is 5.23. The van der Waals surface area contributed by atoms with Gasteiger partial charge in [0.2, 0.25) is 5.91 Å². The molecule has 3 N–H and O–H groups in total. The van der Waals surface area contributed by atoms with Crippen molar-refractivity contribution in [1.82, 2.24) is 5.32 Å². The predicted octanol–water partition coefficient (Wildman–Crippen LogP) is 0.409. The van der Waals surface area contributed by atoms with Gasteiger partial charge in [0.15, 0.2) is 0 Å². The highest BCUT2D eigenvalue weighted by atomic mass is 16.5. The maximum atomic E-state index is 11.3. The standard InChI is InChI=1S/C10H20N2O2/c1-3-10(2,7-11)14-6-9(13)12-8-4-5-8/h8H,3-7,11H2,1-2H3,(H,12,13). The van der Waals surface area contributed by atoms with Gasteiger partial charge < -0.3 is 15.8 Å². The Kier molecular flexibility index (Phi) is 3.89. The van der Waals surface area contributed by atoms with E-state index in [-0.39, 0.29) is 18.1 Å². The Hall–Kier alpha value is -0.610. The van der Waals surface area contributed by atoms with Gasteiger partial charge in [-0.15, -0.1) is 0 Å². The van der Waals surface area contributed by atoms with Crippen LogP contribution in [0.3, 0.4) is 0 Å². The van der Waals surface area contributed by atoms with Crippen LogP contribution in [0.15, 0.2) is 0 Å². The molecule has 0 aromatic carbocycles. The highest BCUT2D eigenvalue weighted by Gasteiger charge is 2.25. The molecule has 0 aliphatic heterocycles. The van der Waals surface area contributed by atoms with Crippen molar-refractivity contribution >= 4 is 5.91 Å². The van der Waals surface area contributed by atoms with Gasteiger partial charge in [0, 0.05) is 12.6 Å². The van der Waals surface area contributed by atoms with Crippen molar-refractivity contribution in [2.45, 2.75) is 44.8 Å². The number of hydrogen-bond donors (Lipinski definition) is 2. The minimum absolute atomic E-state index is 0.0272. The van der Waals surface area contributed by atoms with Crippen molar-refractivity contribution in [1.29, 1.82) is 0 Å². The summed E-state index contributed by atoms with van der Waals surface area (Å²) >= 11 is 0. The number of hydrogen-bond acceptors (Lipinski definition) is 3. The molecule has 1 rings (SSSR count). The number of nitrogens with one attached hydrogen (secondary N) is 1. The number of amides is 1. The van der Waals surface area contributed by atoms with Crippen molar-refractivity contribution in [3.63, 3.8) is 0 Å². The monoisotopic (exact) mass is 200 g/mol. The van der Waals surface area contributed by atoms with E-state index in [1.54, 1.807) is 0 Å². The van der Waals surface area contributed by atoms with Crippen molar-refractivity contribution in [3.05, 3.63) is 0 Å². The summed E-state index contributed by atoms with van der Waals surface area (Å²) in [5.41, 5.74) is 5.20. The Morgan fingerprint density at radius 3 is 2.71 bits per heavy atom. The van der Waals surface area contributed by atoms with Gasteiger partial charge >= 0.3 is 0 Å². The SMILES string of the molecule is CCC(C)(CN)OCC(=O)NC1CC1. The van der Waals surface area contributed by atoms with Crippen LogP contribution in [0.1, 0.15) is 33.1 Å². The van der Waals surface area contributed by atoms with Crippen molar-refractivity contribution in [3.8, 4) is 0 Å². The van der Waals surface area contributed by atoms with Crippen molar-refractivity contribution in [2.24, 2.45) is 5.73 Å². The summed E-state index contributed by atoms with van der Waals surface area (Å²) in [5.74, 6) is -0.0272. The molecule has 1 amide bonds. The fraction of sp³-hybridized carbons (Fsp3) is 0.900. The summed E-state index contributed by atoms with van der Waals surface area (Å²) in [7, 11) is 0. The van der Waals surface area contributed by atoms with E-state index in [1.165, 1.54) is 0 Å². The van der Waals surface area contributed by atoms with E-state index in [4.69, 9.17) is 10.5 Å². The first-order chi connectivity index (χ1) is 6.59. The van der Waals surface area contributed by atoms with E-state index in [2.05, 4.69) is 5.32 Å². The van der Waals surface area contributed by atoms with E-state index in [0.717, 1.165) is 19.3 Å². The average molecular weight is 200 g/mol. The topological polar surface area (TPSA) is 64.3 Å². The highest BCUT2D eigenvalue weighted by Crippen LogP contribution is 2.18. The van der Waals surface area contributed by atoms with Gasteiger partial charge in [-0.3, -0.25) is 4.79 Å². The quantitative estimate of drug-likeness (QED) is 0.652. The third-order valence-corrected chi connectivity index (χ3v) is 2.67. The fourth-order valence-corrected chi connectivity index (χ4v) is 1.04. The molecule has 14 heavy (non-hydrogen) atoms. The number of carbonyl (C=O) groups excluding carboxylic acids is 1. The van der Waals surface area contributed by atoms with Crippen LogP contribution in [0, 0.1) is 0 Å². The molecule has 4 heteroatoms. The summed E-state index contributed by atoms with van der Waals surface area (Å²) < 4.78 is 5.48. The first kappa shape index (κ1) is 11.5. The Morgan fingerprint density at radius 1 is 1.64 bits per heavy atom. The maximum Gasteiger partial charge on any atom is 0.246 e. The van der Waals surface area contributed by atoms with Crippen molar-refractivity contribution < 1.29 is 9.53 Å². The molecular formula is C10H20N2O2. The maximum absolute atomic E-state index is 11.3. The molecular weight excluding hydrogens is 180 g/mol. The summed E-state index contributed by atoms with van der Waals surface area (Å²) in [5, 5.41) is 2.87. The molecule has 82 valence electrons. The molecule has 0 aromatic rings. The van der Waals surface area contributed by atoms with Gasteiger partial charge in [0.1, 0.15) is 6.61 Å². The highest BCUT2D eigenvalue weighted by molar-refractivity contribution is 5.77.